The van der Waals surface area contributed by atoms with E-state index in [9.17, 15) is 4.79 Å². The maximum Gasteiger partial charge on any atom is 0.257 e. The number of carbonyl (C=O) groups excluding carboxylic acids is 1. The van der Waals surface area contributed by atoms with Gasteiger partial charge in [-0.2, -0.15) is 0 Å². The largest absolute Gasteiger partial charge is 0.378 e. The summed E-state index contributed by atoms with van der Waals surface area (Å²) in [7, 11) is 0. The molecule has 148 valence electrons. The molecule has 0 bridgehead atoms. The number of benzene rings is 2. The molecule has 1 amide bonds. The summed E-state index contributed by atoms with van der Waals surface area (Å²) in [6, 6.07) is 16.1. The zero-order valence-corrected chi connectivity index (χ0v) is 17.0. The van der Waals surface area contributed by atoms with Crippen LogP contribution in [0.3, 0.4) is 0 Å². The van der Waals surface area contributed by atoms with Gasteiger partial charge in [0.15, 0.2) is 5.82 Å². The lowest BCUT2D eigenvalue weighted by atomic mass is 10.1. The maximum atomic E-state index is 12.4. The average molecular weight is 429 g/mol. The Bertz CT molecular complexity index is 1000. The Morgan fingerprint density at radius 2 is 1.72 bits per heavy atom. The quantitative estimate of drug-likeness (QED) is 0.660. The Morgan fingerprint density at radius 3 is 2.38 bits per heavy atom. The summed E-state index contributed by atoms with van der Waals surface area (Å²) in [5.41, 5.74) is 2.70. The van der Waals surface area contributed by atoms with Gasteiger partial charge >= 0.3 is 0 Å². The zero-order chi connectivity index (χ0) is 20.2. The summed E-state index contributed by atoms with van der Waals surface area (Å²) in [6.45, 7) is 3.05. The predicted molar refractivity (Wildman–Crippen MR) is 115 cm³/mol. The Balaban J connectivity index is 1.44. The van der Waals surface area contributed by atoms with Crippen molar-refractivity contribution in [1.29, 1.82) is 0 Å². The molecule has 1 aliphatic rings. The van der Waals surface area contributed by atoms with Gasteiger partial charge in [0.25, 0.3) is 5.91 Å². The van der Waals surface area contributed by atoms with Crippen molar-refractivity contribution < 1.29 is 9.53 Å². The van der Waals surface area contributed by atoms with Crippen molar-refractivity contribution >= 4 is 40.6 Å². The highest BCUT2D eigenvalue weighted by atomic mass is 35.5. The van der Waals surface area contributed by atoms with E-state index in [0.29, 0.717) is 34.5 Å². The van der Waals surface area contributed by atoms with Crippen LogP contribution in [0, 0.1) is 0 Å². The number of anilines is 2. The van der Waals surface area contributed by atoms with Gasteiger partial charge in [-0.3, -0.25) is 4.79 Å². The van der Waals surface area contributed by atoms with Gasteiger partial charge < -0.3 is 15.0 Å². The van der Waals surface area contributed by atoms with E-state index >= 15 is 0 Å². The summed E-state index contributed by atoms with van der Waals surface area (Å²) in [4.78, 5) is 14.6. The van der Waals surface area contributed by atoms with Crippen LogP contribution >= 0.6 is 23.2 Å². The summed E-state index contributed by atoms with van der Waals surface area (Å²) < 4.78 is 5.36. The number of ether oxygens (including phenoxy) is 1. The van der Waals surface area contributed by atoms with Crippen LogP contribution in [0.4, 0.5) is 11.5 Å². The molecule has 2 heterocycles. The lowest BCUT2D eigenvalue weighted by Crippen LogP contribution is -2.36. The molecular formula is C21H18Cl2N4O2. The number of aromatic nitrogens is 2. The highest BCUT2D eigenvalue weighted by Gasteiger charge is 2.14. The van der Waals surface area contributed by atoms with E-state index in [1.54, 1.807) is 18.2 Å². The van der Waals surface area contributed by atoms with Gasteiger partial charge in [-0.15, -0.1) is 10.2 Å². The van der Waals surface area contributed by atoms with E-state index in [0.717, 1.165) is 30.2 Å². The van der Waals surface area contributed by atoms with Crippen LogP contribution in [0.25, 0.3) is 11.3 Å². The normalized spacial score (nSPS) is 13.9. The number of nitrogens with zero attached hydrogens (tertiary/aromatic N) is 3. The number of halogens is 2. The topological polar surface area (TPSA) is 67.4 Å². The number of hydrogen-bond acceptors (Lipinski definition) is 5. The third-order valence-corrected chi connectivity index (χ3v) is 5.15. The van der Waals surface area contributed by atoms with Gasteiger partial charge in [-0.25, -0.2) is 0 Å². The van der Waals surface area contributed by atoms with Crippen LogP contribution in [0.2, 0.25) is 10.0 Å². The first-order valence-corrected chi connectivity index (χ1v) is 9.89. The fourth-order valence-electron chi connectivity index (χ4n) is 3.04. The smallest absolute Gasteiger partial charge is 0.257 e. The first kappa shape index (κ1) is 19.6. The Labute approximate surface area is 178 Å². The van der Waals surface area contributed by atoms with Gasteiger partial charge in [-0.05, 0) is 42.5 Å². The van der Waals surface area contributed by atoms with Crippen LogP contribution in [0.15, 0.2) is 54.6 Å². The molecule has 0 aliphatic carbocycles. The maximum absolute atomic E-state index is 12.4. The van der Waals surface area contributed by atoms with Crippen LogP contribution in [-0.2, 0) is 4.74 Å². The first-order chi connectivity index (χ1) is 14.1. The molecule has 1 fully saturated rings. The monoisotopic (exact) mass is 428 g/mol. The minimum Gasteiger partial charge on any atom is -0.378 e. The molecule has 4 rings (SSSR count). The molecule has 2 aromatic carbocycles. The molecular weight excluding hydrogens is 411 g/mol. The highest BCUT2D eigenvalue weighted by Crippen LogP contribution is 2.24. The van der Waals surface area contributed by atoms with E-state index in [4.69, 9.17) is 27.9 Å². The molecule has 0 radical (unpaired) electrons. The van der Waals surface area contributed by atoms with E-state index in [1.165, 1.54) is 0 Å². The fourth-order valence-corrected chi connectivity index (χ4v) is 3.53. The second kappa shape index (κ2) is 8.78. The molecule has 1 aliphatic heterocycles. The summed E-state index contributed by atoms with van der Waals surface area (Å²) >= 11 is 12.0. The number of carbonyl (C=O) groups is 1. The van der Waals surface area contributed by atoms with E-state index in [-0.39, 0.29) is 5.91 Å². The van der Waals surface area contributed by atoms with Crippen molar-refractivity contribution in [3.05, 3.63) is 70.2 Å². The average Bonchev–Trinajstić information content (AvgIpc) is 2.75. The fraction of sp³-hybridized carbons (Fsp3) is 0.190. The summed E-state index contributed by atoms with van der Waals surface area (Å²) in [6.07, 6.45) is 0. The zero-order valence-electron chi connectivity index (χ0n) is 15.4. The highest BCUT2D eigenvalue weighted by molar-refractivity contribution is 6.37. The molecule has 1 N–H and O–H groups in total. The van der Waals surface area contributed by atoms with Crippen molar-refractivity contribution in [2.45, 2.75) is 0 Å². The number of morpholine rings is 1. The Morgan fingerprint density at radius 1 is 0.966 bits per heavy atom. The minimum absolute atomic E-state index is 0.297. The molecule has 29 heavy (non-hydrogen) atoms. The predicted octanol–water partition coefficient (Wildman–Crippen LogP) is 4.54. The summed E-state index contributed by atoms with van der Waals surface area (Å²) in [5.74, 6) is 0.551. The van der Waals surface area contributed by atoms with Crippen molar-refractivity contribution in [2.24, 2.45) is 0 Å². The number of nitrogens with one attached hydrogen (secondary N) is 1. The van der Waals surface area contributed by atoms with Crippen molar-refractivity contribution in [1.82, 2.24) is 10.2 Å². The second-order valence-electron chi connectivity index (χ2n) is 6.53. The van der Waals surface area contributed by atoms with Crippen molar-refractivity contribution in [3.8, 4) is 11.3 Å². The van der Waals surface area contributed by atoms with Crippen molar-refractivity contribution in [3.63, 3.8) is 0 Å². The van der Waals surface area contributed by atoms with Gasteiger partial charge in [0.05, 0.1) is 29.5 Å². The van der Waals surface area contributed by atoms with Crippen LogP contribution in [0.5, 0.6) is 0 Å². The summed E-state index contributed by atoms with van der Waals surface area (Å²) in [5, 5.41) is 12.3. The minimum atomic E-state index is -0.297. The van der Waals surface area contributed by atoms with E-state index in [1.807, 2.05) is 36.4 Å². The SMILES string of the molecule is O=C(Nc1ccc(-c2ccc(N3CCOCC3)nn2)cc1)c1ccc(Cl)cc1Cl. The molecule has 0 spiro atoms. The number of amides is 1. The van der Waals surface area contributed by atoms with Crippen molar-refractivity contribution in [2.75, 3.05) is 36.5 Å². The lowest BCUT2D eigenvalue weighted by molar-refractivity contribution is 0.102. The van der Waals surface area contributed by atoms with E-state index < -0.39 is 0 Å². The van der Waals surface area contributed by atoms with Crippen LogP contribution in [-0.4, -0.2) is 42.4 Å². The number of rotatable bonds is 4. The molecule has 0 saturated carbocycles. The van der Waals surface area contributed by atoms with Gasteiger partial charge in [0.1, 0.15) is 0 Å². The first-order valence-electron chi connectivity index (χ1n) is 9.13. The Kier molecular flexibility index (Phi) is 5.94. The Hall–Kier alpha value is -2.67. The third kappa shape index (κ3) is 4.67. The molecule has 8 heteroatoms. The molecule has 6 nitrogen and oxygen atoms in total. The molecule has 1 aromatic heterocycles. The van der Waals surface area contributed by atoms with Gasteiger partial charge in [-0.1, -0.05) is 35.3 Å². The molecule has 3 aromatic rings. The molecule has 1 saturated heterocycles. The molecule has 0 atom stereocenters. The standard InChI is InChI=1S/C21H18Cl2N4O2/c22-15-3-6-17(18(23)13-15)21(28)24-16-4-1-14(2-5-16)19-7-8-20(26-25-19)27-9-11-29-12-10-27/h1-8,13H,9-12H2,(H,24,28). The molecule has 0 unspecified atom stereocenters. The lowest BCUT2D eigenvalue weighted by Gasteiger charge is -2.27. The number of hydrogen-bond donors (Lipinski definition) is 1. The van der Waals surface area contributed by atoms with Crippen LogP contribution in [0.1, 0.15) is 10.4 Å². The van der Waals surface area contributed by atoms with E-state index in [2.05, 4.69) is 20.4 Å². The second-order valence-corrected chi connectivity index (χ2v) is 7.38. The van der Waals surface area contributed by atoms with Gasteiger partial charge in [0.2, 0.25) is 0 Å². The van der Waals surface area contributed by atoms with Crippen LogP contribution < -0.4 is 10.2 Å². The van der Waals surface area contributed by atoms with Gasteiger partial charge in [0, 0.05) is 29.4 Å². The third-order valence-electron chi connectivity index (χ3n) is 4.60.